The zero-order valence-corrected chi connectivity index (χ0v) is 28.8. The Bertz CT molecular complexity index is 1710. The number of likely N-dealkylation sites (tertiary alicyclic amines) is 1. The lowest BCUT2D eigenvalue weighted by Gasteiger charge is -2.35. The van der Waals surface area contributed by atoms with E-state index in [9.17, 15) is 14.4 Å². The SMILES string of the molecule is COc1ccc2c(OC3CC(C(N)=O)N(C(=O)[C@@H](NC(=O)OC4C[C@@H]5C[C@@H]5C4)C(C)(C)C)C3)cc(-c3cc(NC(C)C)on3)nc2c1Cl. The van der Waals surface area contributed by atoms with Crippen LogP contribution in [0.25, 0.3) is 22.3 Å². The number of benzene rings is 1. The molecule has 0 radical (unpaired) electrons. The molecule has 13 nitrogen and oxygen atoms in total. The average molecular weight is 683 g/mol. The van der Waals surface area contributed by atoms with Gasteiger partial charge in [-0.05, 0) is 62.5 Å². The number of hydrogen-bond donors (Lipinski definition) is 3. The number of nitrogens with two attached hydrogens (primary N) is 1. The summed E-state index contributed by atoms with van der Waals surface area (Å²) in [6, 6.07) is 5.13. The number of methoxy groups -OCH3 is 1. The molecule has 2 saturated carbocycles. The van der Waals surface area contributed by atoms with Gasteiger partial charge < -0.3 is 40.0 Å². The second kappa shape index (κ2) is 13.0. The Morgan fingerprint density at radius 2 is 1.77 bits per heavy atom. The van der Waals surface area contributed by atoms with Crippen molar-refractivity contribution in [1.82, 2.24) is 20.4 Å². The summed E-state index contributed by atoms with van der Waals surface area (Å²) in [5, 5.41) is 11.0. The molecule has 0 spiro atoms. The summed E-state index contributed by atoms with van der Waals surface area (Å²) < 4.78 is 23.1. The first-order chi connectivity index (χ1) is 22.7. The van der Waals surface area contributed by atoms with E-state index >= 15 is 0 Å². The van der Waals surface area contributed by atoms with Crippen molar-refractivity contribution in [3.63, 3.8) is 0 Å². The number of rotatable bonds is 10. The van der Waals surface area contributed by atoms with Gasteiger partial charge in [-0.1, -0.05) is 37.5 Å². The first kappa shape index (κ1) is 33.6. The molecule has 3 aromatic rings. The molecule has 1 aliphatic heterocycles. The zero-order chi connectivity index (χ0) is 34.5. The monoisotopic (exact) mass is 682 g/mol. The van der Waals surface area contributed by atoms with Gasteiger partial charge in [-0.2, -0.15) is 0 Å². The standard InChI is InChI=1S/C34H43ClN6O7/c1-16(2)37-27-14-23(40-48-27)22-13-26(21-7-8-25(45-6)28(35)29(21)38-22)46-20-12-24(31(36)42)41(15-20)32(43)30(34(3,4)5)39-33(44)47-19-10-17-9-18(17)11-19/h7-8,13-14,16-20,24,30,37H,9-12,15H2,1-6H3,(H2,36,42)(H,39,44)/t17-,18+,19?,20?,24?,30-/m1/s1. The van der Waals surface area contributed by atoms with E-state index in [-0.39, 0.29) is 30.1 Å². The molecule has 1 aromatic carbocycles. The summed E-state index contributed by atoms with van der Waals surface area (Å²) in [6.45, 7) is 9.55. The van der Waals surface area contributed by atoms with Crippen LogP contribution in [-0.2, 0) is 14.3 Å². The lowest BCUT2D eigenvalue weighted by atomic mass is 9.85. The molecule has 3 heterocycles. The van der Waals surface area contributed by atoms with Gasteiger partial charge in [0.2, 0.25) is 17.7 Å². The highest BCUT2D eigenvalue weighted by Gasteiger charge is 2.48. The van der Waals surface area contributed by atoms with Crippen LogP contribution >= 0.6 is 11.6 Å². The van der Waals surface area contributed by atoms with Gasteiger partial charge in [0.1, 0.15) is 46.5 Å². The van der Waals surface area contributed by atoms with Crippen LogP contribution in [0.4, 0.5) is 10.7 Å². The van der Waals surface area contributed by atoms with Crippen LogP contribution in [0.1, 0.15) is 60.3 Å². The molecule has 3 aliphatic rings. The first-order valence-corrected chi connectivity index (χ1v) is 16.7. The van der Waals surface area contributed by atoms with Gasteiger partial charge >= 0.3 is 6.09 Å². The molecule has 258 valence electrons. The molecule has 14 heteroatoms. The van der Waals surface area contributed by atoms with Crippen LogP contribution in [0.2, 0.25) is 5.02 Å². The van der Waals surface area contributed by atoms with E-state index in [0.717, 1.165) is 12.8 Å². The second-order valence-electron chi connectivity index (χ2n) is 14.4. The van der Waals surface area contributed by atoms with E-state index < -0.39 is 41.5 Å². The predicted octanol–water partition coefficient (Wildman–Crippen LogP) is 5.15. The molecule has 2 aliphatic carbocycles. The van der Waals surface area contributed by atoms with E-state index in [2.05, 4.69) is 15.8 Å². The van der Waals surface area contributed by atoms with Crippen molar-refractivity contribution in [3.05, 3.63) is 29.3 Å². The normalized spacial score (nSPS) is 23.9. The number of ether oxygens (including phenoxy) is 3. The summed E-state index contributed by atoms with van der Waals surface area (Å²) in [6.07, 6.45) is 1.65. The molecule has 3 fully saturated rings. The van der Waals surface area contributed by atoms with E-state index in [4.69, 9.17) is 41.1 Å². The number of fused-ring (bicyclic) bond motifs is 2. The topological polar surface area (TPSA) is 171 Å². The van der Waals surface area contributed by atoms with Crippen molar-refractivity contribution in [1.29, 1.82) is 0 Å². The number of pyridine rings is 1. The second-order valence-corrected chi connectivity index (χ2v) is 14.8. The quantitative estimate of drug-likeness (QED) is 0.260. The third-order valence-electron chi connectivity index (χ3n) is 9.29. The molecular formula is C34H43ClN6O7. The minimum Gasteiger partial charge on any atom is -0.495 e. The third-order valence-corrected chi connectivity index (χ3v) is 9.65. The fourth-order valence-electron chi connectivity index (χ4n) is 6.79. The molecule has 6 atom stereocenters. The van der Waals surface area contributed by atoms with Gasteiger partial charge in [-0.3, -0.25) is 9.59 Å². The predicted molar refractivity (Wildman–Crippen MR) is 179 cm³/mol. The number of amides is 3. The minimum atomic E-state index is -0.970. The van der Waals surface area contributed by atoms with E-state index in [1.165, 1.54) is 18.4 Å². The van der Waals surface area contributed by atoms with E-state index in [1.807, 2.05) is 34.6 Å². The summed E-state index contributed by atoms with van der Waals surface area (Å²) in [4.78, 5) is 45.9. The molecule has 0 bridgehead atoms. The number of primary amides is 1. The van der Waals surface area contributed by atoms with Crippen LogP contribution in [0, 0.1) is 17.3 Å². The maximum absolute atomic E-state index is 14.1. The Morgan fingerprint density at radius 1 is 1.04 bits per heavy atom. The Labute approximate surface area is 284 Å². The molecule has 4 N–H and O–H groups in total. The zero-order valence-electron chi connectivity index (χ0n) is 28.0. The molecule has 6 rings (SSSR count). The molecule has 2 aromatic heterocycles. The lowest BCUT2D eigenvalue weighted by Crippen LogP contribution is -2.57. The van der Waals surface area contributed by atoms with E-state index in [1.54, 1.807) is 24.3 Å². The van der Waals surface area contributed by atoms with Crippen molar-refractivity contribution in [3.8, 4) is 22.9 Å². The van der Waals surface area contributed by atoms with Crippen LogP contribution in [-0.4, -0.2) is 76.9 Å². The maximum atomic E-state index is 14.1. The number of carbonyl (C=O) groups excluding carboxylic acids is 3. The number of hydrogen-bond acceptors (Lipinski definition) is 10. The number of aromatic nitrogens is 2. The van der Waals surface area contributed by atoms with Crippen LogP contribution in [0.15, 0.2) is 28.8 Å². The van der Waals surface area contributed by atoms with E-state index in [0.29, 0.717) is 51.5 Å². The summed E-state index contributed by atoms with van der Waals surface area (Å²) >= 11 is 6.72. The van der Waals surface area contributed by atoms with Gasteiger partial charge in [0.15, 0.2) is 0 Å². The Kier molecular flexibility index (Phi) is 9.10. The van der Waals surface area contributed by atoms with Crippen molar-refractivity contribution < 1.29 is 33.1 Å². The highest BCUT2D eigenvalue weighted by atomic mass is 35.5. The Hall–Kier alpha value is -4.26. The molecular weight excluding hydrogens is 640 g/mol. The summed E-state index contributed by atoms with van der Waals surface area (Å²) in [5.41, 5.74) is 6.43. The van der Waals surface area contributed by atoms with Gasteiger partial charge in [-0.25, -0.2) is 9.78 Å². The van der Waals surface area contributed by atoms with Crippen LogP contribution in [0.3, 0.4) is 0 Å². The van der Waals surface area contributed by atoms with Crippen molar-refractivity contribution in [2.45, 2.75) is 90.6 Å². The Morgan fingerprint density at radius 3 is 2.42 bits per heavy atom. The van der Waals surface area contributed by atoms with Gasteiger partial charge in [-0.15, -0.1) is 0 Å². The average Bonchev–Trinajstić information content (AvgIpc) is 3.35. The maximum Gasteiger partial charge on any atom is 0.408 e. The number of carbonyl (C=O) groups is 3. The summed E-state index contributed by atoms with van der Waals surface area (Å²) in [5.74, 6) is 1.48. The molecule has 3 amide bonds. The number of anilines is 1. The van der Waals surface area contributed by atoms with Gasteiger partial charge in [0.25, 0.3) is 0 Å². The molecule has 3 unspecified atom stereocenters. The summed E-state index contributed by atoms with van der Waals surface area (Å²) in [7, 11) is 1.51. The number of nitrogens with one attached hydrogen (secondary N) is 2. The fraction of sp³-hybridized carbons (Fsp3) is 0.559. The molecule has 1 saturated heterocycles. The Balaban J connectivity index is 1.26. The number of alkyl carbamates (subject to hydrolysis) is 1. The van der Waals surface area contributed by atoms with Crippen molar-refractivity contribution in [2.75, 3.05) is 19.0 Å². The van der Waals surface area contributed by atoms with Crippen molar-refractivity contribution >= 4 is 46.3 Å². The third kappa shape index (κ3) is 6.96. The number of halogens is 1. The van der Waals surface area contributed by atoms with Crippen LogP contribution in [0.5, 0.6) is 11.5 Å². The van der Waals surface area contributed by atoms with Gasteiger partial charge in [0.05, 0.1) is 24.9 Å². The lowest BCUT2D eigenvalue weighted by molar-refractivity contribution is -0.141. The largest absolute Gasteiger partial charge is 0.495 e. The first-order valence-electron chi connectivity index (χ1n) is 16.4. The smallest absolute Gasteiger partial charge is 0.408 e. The number of nitrogens with zero attached hydrogens (tertiary/aromatic N) is 3. The van der Waals surface area contributed by atoms with Crippen LogP contribution < -0.4 is 25.8 Å². The van der Waals surface area contributed by atoms with Crippen molar-refractivity contribution in [2.24, 2.45) is 23.0 Å². The fourth-order valence-corrected chi connectivity index (χ4v) is 7.08. The highest BCUT2D eigenvalue weighted by molar-refractivity contribution is 6.36. The minimum absolute atomic E-state index is 0.0528. The molecule has 48 heavy (non-hydrogen) atoms. The van der Waals surface area contributed by atoms with Gasteiger partial charge in [0, 0.05) is 30.0 Å². The highest BCUT2D eigenvalue weighted by Crippen LogP contribution is 2.52.